The second kappa shape index (κ2) is 6.52. The van der Waals surface area contributed by atoms with Gasteiger partial charge >= 0.3 is 0 Å². The van der Waals surface area contributed by atoms with E-state index in [1.54, 1.807) is 0 Å². The predicted molar refractivity (Wildman–Crippen MR) is 76.9 cm³/mol. The molecule has 1 aromatic carbocycles. The molecule has 0 unspecified atom stereocenters. The molecule has 5 heteroatoms. The fraction of sp³-hybridized carbons (Fsp3) is 0.500. The normalized spacial score (nSPS) is 18.2. The number of anilines is 1. The number of nitrogens with zero attached hydrogens (tertiary/aromatic N) is 1. The number of hydrogen-bond donors (Lipinski definition) is 1. The summed E-state index contributed by atoms with van der Waals surface area (Å²) in [6, 6.07) is 8.18. The first kappa shape index (κ1) is 13.1. The lowest BCUT2D eigenvalue weighted by Crippen LogP contribution is -2.40. The second-order valence-corrected chi connectivity index (χ2v) is 6.74. The maximum Gasteiger partial charge on any atom is 0.0363 e. The van der Waals surface area contributed by atoms with Gasteiger partial charge in [-0.05, 0) is 18.2 Å². The quantitative estimate of drug-likeness (QED) is 0.921. The van der Waals surface area contributed by atoms with E-state index in [0.29, 0.717) is 0 Å². The van der Waals surface area contributed by atoms with Crippen LogP contribution in [0.1, 0.15) is 0 Å². The van der Waals surface area contributed by atoms with Gasteiger partial charge in [-0.1, -0.05) is 22.0 Å². The van der Waals surface area contributed by atoms with Crippen LogP contribution in [0, 0.1) is 0 Å². The third kappa shape index (κ3) is 4.41. The van der Waals surface area contributed by atoms with Crippen LogP contribution >= 0.6 is 15.9 Å². The van der Waals surface area contributed by atoms with Crippen LogP contribution in [0.5, 0.6) is 0 Å². The van der Waals surface area contributed by atoms with E-state index < -0.39 is 10.8 Å². The average Bonchev–Trinajstić information content (AvgIpc) is 2.32. The molecule has 1 aliphatic rings. The van der Waals surface area contributed by atoms with E-state index >= 15 is 0 Å². The standard InChI is InChI=1S/C12H17BrN2OS/c13-11-2-1-3-12(10-11)14-4-5-15-6-8-17(16)9-7-15/h1-3,10,14H,4-9H2. The molecule has 3 nitrogen and oxygen atoms in total. The molecule has 0 saturated carbocycles. The summed E-state index contributed by atoms with van der Waals surface area (Å²) in [5, 5.41) is 3.40. The zero-order valence-electron chi connectivity index (χ0n) is 9.69. The summed E-state index contributed by atoms with van der Waals surface area (Å²) in [6.07, 6.45) is 0. The van der Waals surface area contributed by atoms with Gasteiger partial charge in [0.25, 0.3) is 0 Å². The first-order valence-corrected chi connectivity index (χ1v) is 8.09. The van der Waals surface area contributed by atoms with Crippen LogP contribution in [0.15, 0.2) is 28.7 Å². The molecular formula is C12H17BrN2OS. The molecule has 0 amide bonds. The van der Waals surface area contributed by atoms with Crippen molar-refractivity contribution in [3.05, 3.63) is 28.7 Å². The van der Waals surface area contributed by atoms with E-state index in [2.05, 4.69) is 38.3 Å². The Kier molecular flexibility index (Phi) is 5.00. The molecule has 1 fully saturated rings. The van der Waals surface area contributed by atoms with Crippen LogP contribution in [-0.4, -0.2) is 46.8 Å². The van der Waals surface area contributed by atoms with E-state index in [1.807, 2.05) is 12.1 Å². The first-order chi connectivity index (χ1) is 8.24. The van der Waals surface area contributed by atoms with Crippen LogP contribution in [-0.2, 0) is 10.8 Å². The third-order valence-corrected chi connectivity index (χ3v) is 4.62. The fourth-order valence-corrected chi connectivity index (χ4v) is 3.38. The van der Waals surface area contributed by atoms with Crippen LogP contribution < -0.4 is 5.32 Å². The predicted octanol–water partition coefficient (Wildman–Crippen LogP) is 1.93. The number of hydrogen-bond acceptors (Lipinski definition) is 3. The number of nitrogens with one attached hydrogen (secondary N) is 1. The molecule has 1 aliphatic heterocycles. The lowest BCUT2D eigenvalue weighted by molar-refractivity contribution is 0.311. The second-order valence-electron chi connectivity index (χ2n) is 4.13. The van der Waals surface area contributed by atoms with Crippen molar-refractivity contribution < 1.29 is 4.21 Å². The van der Waals surface area contributed by atoms with Crippen molar-refractivity contribution in [2.24, 2.45) is 0 Å². The highest BCUT2D eigenvalue weighted by Crippen LogP contribution is 2.15. The van der Waals surface area contributed by atoms with Crippen molar-refractivity contribution in [3.63, 3.8) is 0 Å². The molecule has 0 spiro atoms. The molecule has 2 rings (SSSR count). The van der Waals surface area contributed by atoms with Gasteiger partial charge < -0.3 is 5.32 Å². The molecule has 0 aromatic heterocycles. The molecule has 1 saturated heterocycles. The van der Waals surface area contributed by atoms with E-state index in [1.165, 1.54) is 0 Å². The van der Waals surface area contributed by atoms with Gasteiger partial charge in [0.1, 0.15) is 0 Å². The Balaban J connectivity index is 1.71. The Morgan fingerprint density at radius 3 is 2.82 bits per heavy atom. The number of benzene rings is 1. The lowest BCUT2D eigenvalue weighted by atomic mass is 10.3. The number of halogens is 1. The molecular weight excluding hydrogens is 300 g/mol. The zero-order chi connectivity index (χ0) is 12.1. The van der Waals surface area contributed by atoms with Gasteiger partial charge in [-0.3, -0.25) is 9.11 Å². The van der Waals surface area contributed by atoms with Crippen LogP contribution in [0.3, 0.4) is 0 Å². The first-order valence-electron chi connectivity index (χ1n) is 5.81. The smallest absolute Gasteiger partial charge is 0.0363 e. The largest absolute Gasteiger partial charge is 0.384 e. The van der Waals surface area contributed by atoms with E-state index in [-0.39, 0.29) is 0 Å². The van der Waals surface area contributed by atoms with Gasteiger partial charge in [0.05, 0.1) is 0 Å². The minimum atomic E-state index is -0.574. The molecule has 0 atom stereocenters. The Morgan fingerprint density at radius 2 is 2.12 bits per heavy atom. The Morgan fingerprint density at radius 1 is 1.35 bits per heavy atom. The van der Waals surface area contributed by atoms with Crippen LogP contribution in [0.2, 0.25) is 0 Å². The number of rotatable bonds is 4. The molecule has 1 heterocycles. The Bertz CT molecular complexity index is 390. The van der Waals surface area contributed by atoms with Gasteiger partial charge in [-0.25, -0.2) is 0 Å². The van der Waals surface area contributed by atoms with Gasteiger partial charge in [0.2, 0.25) is 0 Å². The van der Waals surface area contributed by atoms with Crippen LogP contribution in [0.4, 0.5) is 5.69 Å². The summed E-state index contributed by atoms with van der Waals surface area (Å²) in [7, 11) is -0.574. The minimum Gasteiger partial charge on any atom is -0.384 e. The van der Waals surface area contributed by atoms with E-state index in [9.17, 15) is 4.21 Å². The van der Waals surface area contributed by atoms with Crippen molar-refractivity contribution in [2.45, 2.75) is 0 Å². The highest BCUT2D eigenvalue weighted by Gasteiger charge is 2.13. The molecule has 0 aliphatic carbocycles. The van der Waals surface area contributed by atoms with Gasteiger partial charge in [-0.15, -0.1) is 0 Å². The molecule has 0 radical (unpaired) electrons. The summed E-state index contributed by atoms with van der Waals surface area (Å²) in [4.78, 5) is 2.37. The zero-order valence-corrected chi connectivity index (χ0v) is 12.1. The van der Waals surface area contributed by atoms with Gasteiger partial charge in [0, 0.05) is 58.6 Å². The van der Waals surface area contributed by atoms with Crippen LogP contribution in [0.25, 0.3) is 0 Å². The SMILES string of the molecule is O=S1CCN(CCNc2cccc(Br)c2)CC1. The molecule has 1 aromatic rings. The molecule has 94 valence electrons. The summed E-state index contributed by atoms with van der Waals surface area (Å²) in [5.74, 6) is 1.66. The molecule has 1 N–H and O–H groups in total. The maximum atomic E-state index is 11.2. The molecule has 17 heavy (non-hydrogen) atoms. The van der Waals surface area contributed by atoms with Crippen molar-refractivity contribution in [2.75, 3.05) is 43.0 Å². The summed E-state index contributed by atoms with van der Waals surface area (Å²) in [5.41, 5.74) is 1.14. The topological polar surface area (TPSA) is 32.3 Å². The Hall–Kier alpha value is -0.390. The highest BCUT2D eigenvalue weighted by molar-refractivity contribution is 9.10. The fourth-order valence-electron chi connectivity index (χ4n) is 1.86. The lowest BCUT2D eigenvalue weighted by Gasteiger charge is -2.26. The van der Waals surface area contributed by atoms with Crippen molar-refractivity contribution in [1.29, 1.82) is 0 Å². The summed E-state index contributed by atoms with van der Waals surface area (Å²) < 4.78 is 12.3. The van der Waals surface area contributed by atoms with Crippen molar-refractivity contribution >= 4 is 32.4 Å². The van der Waals surface area contributed by atoms with Gasteiger partial charge in [0.15, 0.2) is 0 Å². The monoisotopic (exact) mass is 316 g/mol. The van der Waals surface area contributed by atoms with E-state index in [4.69, 9.17) is 0 Å². The van der Waals surface area contributed by atoms with Gasteiger partial charge in [-0.2, -0.15) is 0 Å². The summed E-state index contributed by atoms with van der Waals surface area (Å²) >= 11 is 3.45. The van der Waals surface area contributed by atoms with Crippen molar-refractivity contribution in [3.8, 4) is 0 Å². The maximum absolute atomic E-state index is 11.2. The molecule has 0 bridgehead atoms. The Labute approximate surface area is 113 Å². The highest BCUT2D eigenvalue weighted by atomic mass is 79.9. The van der Waals surface area contributed by atoms with E-state index in [0.717, 1.165) is 47.8 Å². The summed E-state index contributed by atoms with van der Waals surface area (Å²) in [6.45, 7) is 3.88. The third-order valence-electron chi connectivity index (χ3n) is 2.85. The van der Waals surface area contributed by atoms with Crippen molar-refractivity contribution in [1.82, 2.24) is 4.90 Å². The minimum absolute atomic E-state index is 0.574. The average molecular weight is 317 g/mol.